The molecule has 3 heterocycles. The van der Waals surface area contributed by atoms with Gasteiger partial charge in [-0.3, -0.25) is 9.69 Å². The molecule has 5 rings (SSSR count). The SMILES string of the molecule is C[Si](C)(C)CCOCn1ccc2c3c(cnc21)C(=O)N(CC1CC1)CN3[C@H]1CC[C@H](CN(CC(F)(F)F)C(=O)O)CC1. The normalized spacial score (nSPS) is 21.6. The van der Waals surface area contributed by atoms with Gasteiger partial charge in [0.05, 0.1) is 17.9 Å². The van der Waals surface area contributed by atoms with Crippen molar-refractivity contribution in [2.75, 3.05) is 37.8 Å². The van der Waals surface area contributed by atoms with Crippen molar-refractivity contribution in [3.63, 3.8) is 0 Å². The maximum Gasteiger partial charge on any atom is 0.407 e. The molecule has 0 spiro atoms. The summed E-state index contributed by atoms with van der Waals surface area (Å²) >= 11 is 0. The molecule has 2 aromatic heterocycles. The number of hydrogen-bond donors (Lipinski definition) is 1. The Hall–Kier alpha value is -2.80. The highest BCUT2D eigenvalue weighted by Gasteiger charge is 2.40. The van der Waals surface area contributed by atoms with Crippen LogP contribution in [0.25, 0.3) is 11.0 Å². The van der Waals surface area contributed by atoms with Crippen LogP contribution in [0.4, 0.5) is 23.7 Å². The van der Waals surface area contributed by atoms with Gasteiger partial charge in [0.2, 0.25) is 0 Å². The minimum atomic E-state index is -4.57. The Balaban J connectivity index is 1.34. The zero-order valence-corrected chi connectivity index (χ0v) is 25.7. The molecule has 2 saturated carbocycles. The van der Waals surface area contributed by atoms with Gasteiger partial charge in [-0.15, -0.1) is 0 Å². The molecule has 0 atom stereocenters. The summed E-state index contributed by atoms with van der Waals surface area (Å²) in [5.74, 6) is 0.370. The molecule has 42 heavy (non-hydrogen) atoms. The Labute approximate surface area is 245 Å². The van der Waals surface area contributed by atoms with E-state index in [2.05, 4.69) is 24.5 Å². The maximum atomic E-state index is 13.6. The number of anilines is 1. The molecule has 13 heteroatoms. The van der Waals surface area contributed by atoms with E-state index in [4.69, 9.17) is 9.72 Å². The number of amides is 2. The minimum Gasteiger partial charge on any atom is -0.465 e. The Bertz CT molecular complexity index is 1280. The van der Waals surface area contributed by atoms with E-state index in [0.29, 0.717) is 68.6 Å². The van der Waals surface area contributed by atoms with Crippen molar-refractivity contribution in [2.45, 2.75) is 83.2 Å². The second-order valence-electron chi connectivity index (χ2n) is 13.4. The van der Waals surface area contributed by atoms with E-state index in [-0.39, 0.29) is 24.4 Å². The topological polar surface area (TPSA) is 91.1 Å². The molecule has 2 aliphatic carbocycles. The van der Waals surface area contributed by atoms with Crippen LogP contribution in [-0.2, 0) is 11.5 Å². The number of rotatable bonds is 11. The molecule has 1 aliphatic heterocycles. The summed E-state index contributed by atoms with van der Waals surface area (Å²) < 4.78 is 46.8. The van der Waals surface area contributed by atoms with E-state index in [1.54, 1.807) is 6.20 Å². The number of pyridine rings is 1. The zero-order chi connectivity index (χ0) is 30.2. The minimum absolute atomic E-state index is 0.0142. The predicted molar refractivity (Wildman–Crippen MR) is 156 cm³/mol. The summed E-state index contributed by atoms with van der Waals surface area (Å²) in [6.07, 6.45) is 2.41. The molecule has 2 fully saturated rings. The summed E-state index contributed by atoms with van der Waals surface area (Å²) in [6, 6.07) is 3.14. The maximum absolute atomic E-state index is 13.6. The first-order valence-corrected chi connectivity index (χ1v) is 18.7. The lowest BCUT2D eigenvalue weighted by Crippen LogP contribution is -2.52. The third-order valence-corrected chi connectivity index (χ3v) is 10.4. The lowest BCUT2D eigenvalue weighted by molar-refractivity contribution is -0.143. The number of carbonyl (C=O) groups excluding carboxylic acids is 1. The van der Waals surface area contributed by atoms with E-state index in [0.717, 1.165) is 35.6 Å². The van der Waals surface area contributed by atoms with Gasteiger partial charge < -0.3 is 24.2 Å². The van der Waals surface area contributed by atoms with Crippen LogP contribution < -0.4 is 4.90 Å². The molecule has 0 radical (unpaired) electrons. The van der Waals surface area contributed by atoms with Crippen LogP contribution in [0.5, 0.6) is 0 Å². The van der Waals surface area contributed by atoms with Gasteiger partial charge in [-0.25, -0.2) is 9.78 Å². The number of carbonyl (C=O) groups is 2. The zero-order valence-electron chi connectivity index (χ0n) is 24.7. The van der Waals surface area contributed by atoms with E-state index in [1.165, 1.54) is 0 Å². The van der Waals surface area contributed by atoms with E-state index in [9.17, 15) is 27.9 Å². The average molecular weight is 610 g/mol. The van der Waals surface area contributed by atoms with Crippen molar-refractivity contribution in [1.82, 2.24) is 19.4 Å². The van der Waals surface area contributed by atoms with Crippen molar-refractivity contribution >= 4 is 36.8 Å². The lowest BCUT2D eigenvalue weighted by Gasteiger charge is -2.45. The molecule has 9 nitrogen and oxygen atoms in total. The number of nitrogens with zero attached hydrogens (tertiary/aromatic N) is 5. The van der Waals surface area contributed by atoms with Crippen molar-refractivity contribution < 1.29 is 32.6 Å². The smallest absolute Gasteiger partial charge is 0.407 e. The van der Waals surface area contributed by atoms with Gasteiger partial charge in [-0.2, -0.15) is 13.2 Å². The summed E-state index contributed by atoms with van der Waals surface area (Å²) in [6.45, 7) is 7.59. The summed E-state index contributed by atoms with van der Waals surface area (Å²) in [7, 11) is -1.21. The Kier molecular flexibility index (Phi) is 8.80. The third kappa shape index (κ3) is 7.39. The fourth-order valence-electron chi connectivity index (χ4n) is 6.15. The van der Waals surface area contributed by atoms with Crippen LogP contribution in [0.15, 0.2) is 18.5 Å². The number of halogens is 3. The number of fused-ring (bicyclic) bond motifs is 3. The fraction of sp³-hybridized carbons (Fsp3) is 0.690. The Morgan fingerprint density at radius 2 is 1.83 bits per heavy atom. The number of ether oxygens (including phenoxy) is 1. The van der Waals surface area contributed by atoms with Gasteiger partial charge in [0.25, 0.3) is 5.91 Å². The highest BCUT2D eigenvalue weighted by molar-refractivity contribution is 6.76. The third-order valence-electron chi connectivity index (χ3n) is 8.67. The Morgan fingerprint density at radius 1 is 1.14 bits per heavy atom. The number of carboxylic acid groups (broad SMARTS) is 1. The van der Waals surface area contributed by atoms with Gasteiger partial charge in [0.1, 0.15) is 18.9 Å². The quantitative estimate of drug-likeness (QED) is 0.245. The molecule has 0 saturated heterocycles. The van der Waals surface area contributed by atoms with E-state index >= 15 is 0 Å². The first kappa shape index (κ1) is 30.6. The molecule has 1 N–H and O–H groups in total. The fourth-order valence-corrected chi connectivity index (χ4v) is 6.91. The molecular weight excluding hydrogens is 567 g/mol. The summed E-state index contributed by atoms with van der Waals surface area (Å²) in [5, 5.41) is 10.2. The first-order valence-electron chi connectivity index (χ1n) is 14.9. The van der Waals surface area contributed by atoms with E-state index in [1.807, 2.05) is 21.7 Å². The summed E-state index contributed by atoms with van der Waals surface area (Å²) in [4.78, 5) is 34.5. The van der Waals surface area contributed by atoms with Crippen molar-refractivity contribution in [3.8, 4) is 0 Å². The molecule has 0 aromatic carbocycles. The van der Waals surface area contributed by atoms with Crippen molar-refractivity contribution in [2.24, 2.45) is 11.8 Å². The highest BCUT2D eigenvalue weighted by Crippen LogP contribution is 2.41. The van der Waals surface area contributed by atoms with Gasteiger partial charge >= 0.3 is 12.3 Å². The molecular formula is C29H42F3N5O4Si. The predicted octanol–water partition coefficient (Wildman–Crippen LogP) is 6.08. The van der Waals surface area contributed by atoms with Gasteiger partial charge in [0.15, 0.2) is 0 Å². The molecule has 0 unspecified atom stereocenters. The van der Waals surface area contributed by atoms with Crippen LogP contribution in [0.1, 0.15) is 48.9 Å². The average Bonchev–Trinajstić information content (AvgIpc) is 3.63. The van der Waals surface area contributed by atoms with Crippen LogP contribution in [0.3, 0.4) is 0 Å². The molecule has 2 aromatic rings. The number of alkyl halides is 3. The van der Waals surface area contributed by atoms with Gasteiger partial charge in [0, 0.05) is 51.6 Å². The number of aromatic nitrogens is 2. The highest BCUT2D eigenvalue weighted by atomic mass is 28.3. The van der Waals surface area contributed by atoms with Crippen LogP contribution in [-0.4, -0.2) is 89.7 Å². The molecule has 0 bridgehead atoms. The number of hydrogen-bond acceptors (Lipinski definition) is 5. The molecule has 2 amide bonds. The summed E-state index contributed by atoms with van der Waals surface area (Å²) in [5.41, 5.74) is 2.20. The van der Waals surface area contributed by atoms with E-state index < -0.39 is 26.9 Å². The van der Waals surface area contributed by atoms with Crippen molar-refractivity contribution in [1.29, 1.82) is 0 Å². The van der Waals surface area contributed by atoms with Crippen LogP contribution >= 0.6 is 0 Å². The van der Waals surface area contributed by atoms with Crippen LogP contribution in [0, 0.1) is 11.8 Å². The van der Waals surface area contributed by atoms with Gasteiger partial charge in [-0.05, 0) is 62.5 Å². The monoisotopic (exact) mass is 609 g/mol. The second kappa shape index (κ2) is 12.1. The first-order chi connectivity index (χ1) is 19.8. The lowest BCUT2D eigenvalue weighted by atomic mass is 9.84. The Morgan fingerprint density at radius 3 is 2.45 bits per heavy atom. The second-order valence-corrected chi connectivity index (χ2v) is 19.0. The largest absolute Gasteiger partial charge is 0.465 e. The van der Waals surface area contributed by atoms with Gasteiger partial charge in [-0.1, -0.05) is 19.6 Å². The van der Waals surface area contributed by atoms with Crippen molar-refractivity contribution in [3.05, 3.63) is 24.0 Å². The molecule has 3 aliphatic rings. The van der Waals surface area contributed by atoms with Crippen LogP contribution in [0.2, 0.25) is 25.7 Å². The molecule has 232 valence electrons. The standard InChI is InChI=1S/C29H42F3N5O4Si/c1-42(2,3)13-12-41-19-34-11-10-23-25-24(14-33-26(23)34)27(38)36(16-20-4-5-20)18-37(25)22-8-6-21(7-9-22)15-35(28(39)40)17-29(30,31)32/h10-11,14,20-22H,4-9,12-13,15-19H2,1-3H3,(H,39,40)/t21-,22-.